The molecule has 0 amide bonds. The molecule has 0 saturated carbocycles. The van der Waals surface area contributed by atoms with Crippen molar-refractivity contribution in [1.82, 2.24) is 15.4 Å². The van der Waals surface area contributed by atoms with Crippen molar-refractivity contribution in [1.29, 1.82) is 0 Å². The van der Waals surface area contributed by atoms with Crippen LogP contribution in [0, 0.1) is 0 Å². The zero-order chi connectivity index (χ0) is 8.32. The predicted molar refractivity (Wildman–Crippen MR) is 34.5 cm³/mol. The third-order valence-electron chi connectivity index (χ3n) is 0.703. The minimum Gasteiger partial charge on any atom is -0.393 e. The summed E-state index contributed by atoms with van der Waals surface area (Å²) >= 11 is 0. The first-order valence-electron chi connectivity index (χ1n) is 2.53. The van der Waals surface area contributed by atoms with Crippen LogP contribution in [0.5, 0.6) is 5.88 Å². The molecule has 0 aliphatic rings. The maximum atomic E-state index is 10.4. The highest BCUT2D eigenvalue weighted by atomic mass is 31.2. The van der Waals surface area contributed by atoms with E-state index in [0.717, 1.165) is 0 Å². The zero-order valence-corrected chi connectivity index (χ0v) is 6.18. The first-order chi connectivity index (χ1) is 5.08. The molecular weight excluding hydrogens is 171 g/mol. The van der Waals surface area contributed by atoms with Gasteiger partial charge in [-0.3, -0.25) is 0 Å². The molecule has 11 heavy (non-hydrogen) atoms. The third-order valence-corrected chi connectivity index (χ3v) is 1.15. The fraction of sp³-hybridized carbons (Fsp3) is 0. The molecule has 0 spiro atoms. The summed E-state index contributed by atoms with van der Waals surface area (Å²) in [5.41, 5.74) is 4.67. The Bertz CT molecular complexity index is 271. The highest BCUT2D eigenvalue weighted by Crippen LogP contribution is 2.31. The predicted octanol–water partition coefficient (Wildman–Crippen LogP) is -0.691. The van der Waals surface area contributed by atoms with E-state index in [1.54, 1.807) is 0 Å². The third kappa shape index (κ3) is 3.03. The molecule has 1 heterocycles. The molecule has 1 atom stereocenters. The van der Waals surface area contributed by atoms with Gasteiger partial charge in [-0.25, -0.2) is 10.1 Å². The van der Waals surface area contributed by atoms with Crippen molar-refractivity contribution in [3.63, 3.8) is 0 Å². The normalized spacial score (nSPS) is 15.5. The maximum Gasteiger partial charge on any atom is 0.454 e. The van der Waals surface area contributed by atoms with Crippen LogP contribution in [-0.4, -0.2) is 20.3 Å². The van der Waals surface area contributed by atoms with E-state index in [4.69, 9.17) is 4.89 Å². The van der Waals surface area contributed by atoms with E-state index in [9.17, 15) is 4.57 Å². The zero-order valence-electron chi connectivity index (χ0n) is 5.28. The maximum absolute atomic E-state index is 10.4. The second-order valence-electron chi connectivity index (χ2n) is 1.61. The number of aromatic nitrogens is 3. The van der Waals surface area contributed by atoms with Gasteiger partial charge < -0.3 is 9.42 Å². The Hall–Kier alpha value is -1.04. The van der Waals surface area contributed by atoms with Gasteiger partial charge in [0.25, 0.3) is 0 Å². The van der Waals surface area contributed by atoms with Gasteiger partial charge in [-0.15, -0.1) is 5.10 Å². The van der Waals surface area contributed by atoms with Crippen LogP contribution in [0.25, 0.3) is 0 Å². The number of rotatable bonds is 2. The molecule has 60 valence electrons. The van der Waals surface area contributed by atoms with Crippen LogP contribution in [0.2, 0.25) is 0 Å². The topological polar surface area (TPSA) is 111 Å². The summed E-state index contributed by atoms with van der Waals surface area (Å²) in [7, 11) is -4.02. The van der Waals surface area contributed by atoms with E-state index in [2.05, 4.69) is 25.4 Å². The second kappa shape index (κ2) is 2.91. The lowest BCUT2D eigenvalue weighted by Crippen LogP contribution is -2.02. The number of hydrogen-bond donors (Lipinski definition) is 2. The highest BCUT2D eigenvalue weighted by Gasteiger charge is 2.13. The van der Waals surface area contributed by atoms with Gasteiger partial charge in [-0.1, -0.05) is 5.10 Å². The molecule has 3 N–H and O–H groups in total. The first kappa shape index (κ1) is 8.06. The van der Waals surface area contributed by atoms with Crippen LogP contribution < -0.4 is 10.0 Å². The molecule has 0 aromatic carbocycles. The average Bonchev–Trinajstić information content (AvgIpc) is 1.85. The summed E-state index contributed by atoms with van der Waals surface area (Å²) in [6.45, 7) is 0. The molecule has 7 nitrogen and oxygen atoms in total. The number of nitrogens with two attached hydrogens (primary N) is 1. The van der Waals surface area contributed by atoms with Gasteiger partial charge in [0.05, 0.1) is 6.20 Å². The molecule has 0 aliphatic heterocycles. The van der Waals surface area contributed by atoms with Gasteiger partial charge in [-0.05, 0) is 5.21 Å². The minimum atomic E-state index is -4.02. The Kier molecular flexibility index (Phi) is 2.13. The van der Waals surface area contributed by atoms with Crippen molar-refractivity contribution >= 4 is 7.75 Å². The van der Waals surface area contributed by atoms with E-state index in [-0.39, 0.29) is 5.88 Å². The molecule has 1 unspecified atom stereocenters. The van der Waals surface area contributed by atoms with Gasteiger partial charge in [0.15, 0.2) is 0 Å². The standard InChI is InChI=1S/C3H5N4O3P/c4-11(8,9)10-3-1-2-5-7-6-3/h1-2H,(H3,4,8,9). The Morgan fingerprint density at radius 3 is 2.91 bits per heavy atom. The summed E-state index contributed by atoms with van der Waals surface area (Å²) < 4.78 is 14.7. The molecule has 1 aromatic rings. The molecule has 0 radical (unpaired) electrons. The summed E-state index contributed by atoms with van der Waals surface area (Å²) in [4.78, 5) is 8.49. The molecule has 0 saturated heterocycles. The van der Waals surface area contributed by atoms with Crippen molar-refractivity contribution in [2.24, 2.45) is 5.50 Å². The minimum absolute atomic E-state index is 0.131. The van der Waals surface area contributed by atoms with Crippen molar-refractivity contribution in [3.05, 3.63) is 12.3 Å². The lowest BCUT2D eigenvalue weighted by molar-refractivity contribution is 0.372. The van der Waals surface area contributed by atoms with Crippen molar-refractivity contribution < 1.29 is 14.0 Å². The van der Waals surface area contributed by atoms with E-state index >= 15 is 0 Å². The monoisotopic (exact) mass is 176 g/mol. The van der Waals surface area contributed by atoms with Gasteiger partial charge >= 0.3 is 7.75 Å². The van der Waals surface area contributed by atoms with E-state index < -0.39 is 7.75 Å². The Balaban J connectivity index is 2.74. The van der Waals surface area contributed by atoms with Crippen LogP contribution in [-0.2, 0) is 4.57 Å². The van der Waals surface area contributed by atoms with Gasteiger partial charge in [0.2, 0.25) is 5.88 Å². The molecule has 8 heteroatoms. The summed E-state index contributed by atoms with van der Waals surface area (Å²) in [6, 6.07) is 1.27. The van der Waals surface area contributed by atoms with Gasteiger partial charge in [0, 0.05) is 6.07 Å². The quantitative estimate of drug-likeness (QED) is 0.573. The molecule has 1 aromatic heterocycles. The molecule has 0 bridgehead atoms. The Morgan fingerprint density at radius 2 is 2.45 bits per heavy atom. The molecule has 0 fully saturated rings. The highest BCUT2D eigenvalue weighted by molar-refractivity contribution is 7.50. The lowest BCUT2D eigenvalue weighted by Gasteiger charge is -2.03. The summed E-state index contributed by atoms with van der Waals surface area (Å²) in [6.07, 6.45) is 1.26. The van der Waals surface area contributed by atoms with Crippen LogP contribution in [0.4, 0.5) is 0 Å². The van der Waals surface area contributed by atoms with Crippen molar-refractivity contribution in [3.8, 4) is 5.88 Å². The Morgan fingerprint density at radius 1 is 1.73 bits per heavy atom. The first-order valence-corrected chi connectivity index (χ1v) is 4.18. The van der Waals surface area contributed by atoms with Gasteiger partial charge in [0.1, 0.15) is 0 Å². The van der Waals surface area contributed by atoms with Crippen LogP contribution in [0.1, 0.15) is 0 Å². The van der Waals surface area contributed by atoms with E-state index in [1.165, 1.54) is 12.3 Å². The lowest BCUT2D eigenvalue weighted by atomic mass is 10.7. The van der Waals surface area contributed by atoms with E-state index in [1.807, 2.05) is 0 Å². The number of nitrogens with zero attached hydrogens (tertiary/aromatic N) is 3. The van der Waals surface area contributed by atoms with Crippen LogP contribution in [0.3, 0.4) is 0 Å². The SMILES string of the molecule is NP(=O)(O)Oc1ccnnn1. The van der Waals surface area contributed by atoms with Crippen molar-refractivity contribution in [2.75, 3.05) is 0 Å². The number of hydrogen-bond acceptors (Lipinski definition) is 5. The smallest absolute Gasteiger partial charge is 0.393 e. The Labute approximate surface area is 61.8 Å². The van der Waals surface area contributed by atoms with E-state index in [0.29, 0.717) is 0 Å². The van der Waals surface area contributed by atoms with Crippen LogP contribution >= 0.6 is 7.75 Å². The fourth-order valence-corrected chi connectivity index (χ4v) is 0.778. The second-order valence-corrected chi connectivity index (χ2v) is 2.93. The largest absolute Gasteiger partial charge is 0.454 e. The molecular formula is C3H5N4O3P. The van der Waals surface area contributed by atoms with Crippen molar-refractivity contribution in [2.45, 2.75) is 0 Å². The summed E-state index contributed by atoms with van der Waals surface area (Å²) in [5.74, 6) is -0.131. The summed E-state index contributed by atoms with van der Waals surface area (Å²) in [5, 5.41) is 9.75. The van der Waals surface area contributed by atoms with Crippen LogP contribution in [0.15, 0.2) is 12.3 Å². The molecule has 0 aliphatic carbocycles. The fourth-order valence-electron chi connectivity index (χ4n) is 0.413. The molecule has 1 rings (SSSR count). The average molecular weight is 176 g/mol. The van der Waals surface area contributed by atoms with Gasteiger partial charge in [-0.2, -0.15) is 0 Å².